The molecule has 0 radical (unpaired) electrons. The smallest absolute Gasteiger partial charge is 0.340 e. The van der Waals surface area contributed by atoms with Crippen molar-refractivity contribution in [2.24, 2.45) is 0 Å². The Labute approximate surface area is 199 Å². The molecule has 0 N–H and O–H groups in total. The van der Waals surface area contributed by atoms with E-state index >= 15 is 0 Å². The lowest BCUT2D eigenvalue weighted by Crippen LogP contribution is -2.11. The second-order valence-electron chi connectivity index (χ2n) is 8.72. The van der Waals surface area contributed by atoms with Crippen LogP contribution < -0.4 is 0 Å². The Morgan fingerprint density at radius 3 is 2.06 bits per heavy atom. The van der Waals surface area contributed by atoms with Crippen molar-refractivity contribution in [1.82, 2.24) is 4.98 Å². The van der Waals surface area contributed by atoms with E-state index in [4.69, 9.17) is 4.74 Å². The normalized spacial score (nSPS) is 11.8. The second-order valence-corrected chi connectivity index (χ2v) is 8.72. The van der Waals surface area contributed by atoms with Crippen LogP contribution in [0.2, 0.25) is 0 Å². The molecule has 1 unspecified atom stereocenters. The van der Waals surface area contributed by atoms with Gasteiger partial charge in [0.2, 0.25) is 0 Å². The summed E-state index contributed by atoms with van der Waals surface area (Å²) in [6.45, 7) is 6.45. The largest absolute Gasteiger partial charge is 0.454 e. The van der Waals surface area contributed by atoms with E-state index in [9.17, 15) is 4.79 Å². The molecule has 0 fully saturated rings. The third-order valence-corrected chi connectivity index (χ3v) is 6.08. The van der Waals surface area contributed by atoms with Gasteiger partial charge in [0.05, 0.1) is 5.56 Å². The first kappa shape index (κ1) is 24.7. The zero-order valence-corrected chi connectivity index (χ0v) is 20.3. The standard InChI is InChI=1S/C30H37NO2/c1-4-7-8-9-11-28-21-20-27(22-31-28)30(32)33-29(6-3)26-18-16-25(17-19-26)24-14-12-23(10-5-2)13-15-24/h12-22,29H,4-11H2,1-3H3. The summed E-state index contributed by atoms with van der Waals surface area (Å²) in [5, 5.41) is 0. The maximum atomic E-state index is 12.7. The summed E-state index contributed by atoms with van der Waals surface area (Å²) in [6, 6.07) is 20.9. The number of esters is 1. The minimum Gasteiger partial charge on any atom is -0.454 e. The quantitative estimate of drug-likeness (QED) is 0.209. The molecule has 3 heteroatoms. The molecule has 3 aromatic rings. The van der Waals surface area contributed by atoms with Gasteiger partial charge in [0.15, 0.2) is 0 Å². The van der Waals surface area contributed by atoms with Gasteiger partial charge < -0.3 is 4.74 Å². The number of aromatic nitrogens is 1. The van der Waals surface area contributed by atoms with Gasteiger partial charge in [-0.05, 0) is 60.1 Å². The van der Waals surface area contributed by atoms with Crippen molar-refractivity contribution in [1.29, 1.82) is 0 Å². The van der Waals surface area contributed by atoms with Crippen LogP contribution in [0.4, 0.5) is 0 Å². The molecule has 1 atom stereocenters. The predicted molar refractivity (Wildman–Crippen MR) is 136 cm³/mol. The van der Waals surface area contributed by atoms with E-state index in [0.717, 1.165) is 43.4 Å². The van der Waals surface area contributed by atoms with Crippen LogP contribution in [0.1, 0.15) is 92.6 Å². The number of nitrogens with zero attached hydrogens (tertiary/aromatic N) is 1. The highest BCUT2D eigenvalue weighted by Crippen LogP contribution is 2.27. The summed E-state index contributed by atoms with van der Waals surface area (Å²) in [4.78, 5) is 17.2. The molecule has 0 saturated carbocycles. The molecule has 174 valence electrons. The number of hydrogen-bond acceptors (Lipinski definition) is 3. The van der Waals surface area contributed by atoms with Crippen molar-refractivity contribution in [3.05, 3.63) is 89.2 Å². The number of carbonyl (C=O) groups is 1. The summed E-state index contributed by atoms with van der Waals surface area (Å²) < 4.78 is 5.83. The molecule has 0 aliphatic carbocycles. The van der Waals surface area contributed by atoms with Crippen molar-refractivity contribution >= 4 is 5.97 Å². The fourth-order valence-corrected chi connectivity index (χ4v) is 4.05. The molecule has 0 bridgehead atoms. The molecular formula is C30H37NO2. The Bertz CT molecular complexity index is 975. The van der Waals surface area contributed by atoms with E-state index in [1.165, 1.54) is 36.0 Å². The summed E-state index contributed by atoms with van der Waals surface area (Å²) in [5.41, 5.74) is 6.30. The Kier molecular flexibility index (Phi) is 9.68. The maximum Gasteiger partial charge on any atom is 0.340 e. The van der Waals surface area contributed by atoms with E-state index in [1.807, 2.05) is 19.1 Å². The molecule has 2 aromatic carbocycles. The van der Waals surface area contributed by atoms with Crippen LogP contribution >= 0.6 is 0 Å². The van der Waals surface area contributed by atoms with Gasteiger partial charge in [-0.3, -0.25) is 4.98 Å². The molecule has 33 heavy (non-hydrogen) atoms. The van der Waals surface area contributed by atoms with E-state index < -0.39 is 0 Å². The van der Waals surface area contributed by atoms with Gasteiger partial charge in [-0.1, -0.05) is 95.0 Å². The fraction of sp³-hybridized carbons (Fsp3) is 0.400. The first-order valence-corrected chi connectivity index (χ1v) is 12.5. The van der Waals surface area contributed by atoms with Crippen LogP contribution in [0.5, 0.6) is 0 Å². The lowest BCUT2D eigenvalue weighted by Gasteiger charge is -2.17. The molecule has 1 heterocycles. The Balaban J connectivity index is 1.60. The molecule has 1 aromatic heterocycles. The first-order valence-electron chi connectivity index (χ1n) is 12.5. The third kappa shape index (κ3) is 7.28. The van der Waals surface area contributed by atoms with E-state index in [-0.39, 0.29) is 12.1 Å². The number of ether oxygens (including phenoxy) is 1. The number of rotatable bonds is 12. The van der Waals surface area contributed by atoms with Crippen LogP contribution in [0.3, 0.4) is 0 Å². The van der Waals surface area contributed by atoms with Crippen molar-refractivity contribution in [2.45, 2.75) is 78.2 Å². The average molecular weight is 444 g/mol. The van der Waals surface area contributed by atoms with Crippen LogP contribution in [-0.4, -0.2) is 11.0 Å². The minimum absolute atomic E-state index is 0.271. The monoisotopic (exact) mass is 443 g/mol. The van der Waals surface area contributed by atoms with E-state index in [0.29, 0.717) is 5.56 Å². The molecule has 3 nitrogen and oxygen atoms in total. The van der Waals surface area contributed by atoms with Crippen LogP contribution in [0.25, 0.3) is 11.1 Å². The fourth-order valence-electron chi connectivity index (χ4n) is 4.05. The molecular weight excluding hydrogens is 406 g/mol. The molecule has 0 aliphatic heterocycles. The van der Waals surface area contributed by atoms with Gasteiger partial charge >= 0.3 is 5.97 Å². The van der Waals surface area contributed by atoms with Gasteiger partial charge in [0, 0.05) is 11.9 Å². The second kappa shape index (κ2) is 12.9. The number of pyridine rings is 1. The molecule has 3 rings (SSSR count). The van der Waals surface area contributed by atoms with Crippen LogP contribution in [0, 0.1) is 0 Å². The lowest BCUT2D eigenvalue weighted by atomic mass is 9.99. The summed E-state index contributed by atoms with van der Waals surface area (Å²) >= 11 is 0. The highest BCUT2D eigenvalue weighted by molar-refractivity contribution is 5.89. The van der Waals surface area contributed by atoms with Crippen molar-refractivity contribution in [3.8, 4) is 11.1 Å². The first-order chi connectivity index (χ1) is 16.1. The van der Waals surface area contributed by atoms with E-state index in [2.05, 4.69) is 67.4 Å². The molecule has 0 aliphatic rings. The molecule has 0 saturated heterocycles. The third-order valence-electron chi connectivity index (χ3n) is 6.08. The number of carbonyl (C=O) groups excluding carboxylic acids is 1. The number of unbranched alkanes of at least 4 members (excludes halogenated alkanes) is 3. The molecule has 0 spiro atoms. The Hall–Kier alpha value is -2.94. The number of aryl methyl sites for hydroxylation is 2. The van der Waals surface area contributed by atoms with Gasteiger partial charge in [-0.25, -0.2) is 4.79 Å². The zero-order valence-electron chi connectivity index (χ0n) is 20.3. The van der Waals surface area contributed by atoms with Gasteiger partial charge in [-0.15, -0.1) is 0 Å². The average Bonchev–Trinajstić information content (AvgIpc) is 2.86. The summed E-state index contributed by atoms with van der Waals surface area (Å²) in [7, 11) is 0. The summed E-state index contributed by atoms with van der Waals surface area (Å²) in [5.74, 6) is -0.317. The van der Waals surface area contributed by atoms with Crippen molar-refractivity contribution in [3.63, 3.8) is 0 Å². The van der Waals surface area contributed by atoms with E-state index in [1.54, 1.807) is 6.20 Å². The number of hydrogen-bond donors (Lipinski definition) is 0. The highest BCUT2D eigenvalue weighted by Gasteiger charge is 2.17. The highest BCUT2D eigenvalue weighted by atomic mass is 16.5. The van der Waals surface area contributed by atoms with Gasteiger partial charge in [-0.2, -0.15) is 0 Å². The molecule has 0 amide bonds. The van der Waals surface area contributed by atoms with Gasteiger partial charge in [0.1, 0.15) is 6.10 Å². The lowest BCUT2D eigenvalue weighted by molar-refractivity contribution is 0.0287. The van der Waals surface area contributed by atoms with Crippen LogP contribution in [0.15, 0.2) is 66.9 Å². The SMILES string of the molecule is CCCCCCc1ccc(C(=O)OC(CC)c2ccc(-c3ccc(CCC)cc3)cc2)cn1. The van der Waals surface area contributed by atoms with Crippen molar-refractivity contribution in [2.75, 3.05) is 0 Å². The summed E-state index contributed by atoms with van der Waals surface area (Å²) in [6.07, 6.45) is 10.2. The topological polar surface area (TPSA) is 39.2 Å². The van der Waals surface area contributed by atoms with Crippen molar-refractivity contribution < 1.29 is 9.53 Å². The number of benzene rings is 2. The minimum atomic E-state index is -0.317. The maximum absolute atomic E-state index is 12.7. The van der Waals surface area contributed by atoms with Gasteiger partial charge in [0.25, 0.3) is 0 Å². The Morgan fingerprint density at radius 2 is 1.48 bits per heavy atom. The zero-order chi connectivity index (χ0) is 23.5. The predicted octanol–water partition coefficient (Wildman–Crippen LogP) is 8.13. The Morgan fingerprint density at radius 1 is 0.788 bits per heavy atom. The van der Waals surface area contributed by atoms with Crippen LogP contribution in [-0.2, 0) is 17.6 Å².